The van der Waals surface area contributed by atoms with Crippen LogP contribution in [0, 0.1) is 6.92 Å². The molecule has 1 aliphatic rings. The molecule has 0 radical (unpaired) electrons. The zero-order valence-corrected chi connectivity index (χ0v) is 15.1. The van der Waals surface area contributed by atoms with Crippen molar-refractivity contribution < 1.29 is 13.2 Å². The topological polar surface area (TPSA) is 69.7 Å². The Hall–Kier alpha value is -1.44. The monoisotopic (exact) mass is 339 g/mol. The number of carbonyl (C=O) groups is 1. The molecule has 128 valence electrons. The van der Waals surface area contributed by atoms with Gasteiger partial charge in [0.25, 0.3) is 16.1 Å². The fraction of sp³-hybridized carbons (Fsp3) is 0.562. The zero-order valence-electron chi connectivity index (χ0n) is 14.3. The van der Waals surface area contributed by atoms with Gasteiger partial charge in [0, 0.05) is 32.7 Å². The molecule has 1 N–H and O–H groups in total. The first-order chi connectivity index (χ1) is 10.6. The minimum absolute atomic E-state index is 0.137. The van der Waals surface area contributed by atoms with Crippen LogP contribution in [0.15, 0.2) is 18.2 Å². The Labute approximate surface area is 138 Å². The molecule has 7 heteroatoms. The van der Waals surface area contributed by atoms with Gasteiger partial charge in [0.05, 0.1) is 6.04 Å². The van der Waals surface area contributed by atoms with Crippen LogP contribution >= 0.6 is 0 Å². The Kier molecular flexibility index (Phi) is 5.13. The van der Waals surface area contributed by atoms with Crippen LogP contribution in [0.1, 0.15) is 41.3 Å². The highest BCUT2D eigenvalue weighted by molar-refractivity contribution is 7.86. The van der Waals surface area contributed by atoms with Crippen molar-refractivity contribution in [3.63, 3.8) is 0 Å². The molecule has 1 aliphatic heterocycles. The summed E-state index contributed by atoms with van der Waals surface area (Å²) in [5, 5.41) is 2.89. The van der Waals surface area contributed by atoms with Gasteiger partial charge in [0.2, 0.25) is 0 Å². The highest BCUT2D eigenvalue weighted by Crippen LogP contribution is 2.21. The molecule has 6 nitrogen and oxygen atoms in total. The molecule has 0 bridgehead atoms. The van der Waals surface area contributed by atoms with E-state index in [1.807, 2.05) is 25.1 Å². The minimum Gasteiger partial charge on any atom is -0.347 e. The average Bonchev–Trinajstić information content (AvgIpc) is 2.40. The molecule has 1 amide bonds. The maximum absolute atomic E-state index is 12.3. The minimum atomic E-state index is -3.38. The van der Waals surface area contributed by atoms with Crippen LogP contribution in [0.5, 0.6) is 0 Å². The standard InChI is InChI=1S/C16H25N3O3S/c1-11(2)15-7-6-13(8-12(15)3)16(20)17-14-9-19(10-14)23(21,22)18(4)5/h6-8,11,14H,9-10H2,1-5H3,(H,17,20). The summed E-state index contributed by atoms with van der Waals surface area (Å²) in [7, 11) is -0.379. The highest BCUT2D eigenvalue weighted by atomic mass is 32.2. The summed E-state index contributed by atoms with van der Waals surface area (Å²) in [5.41, 5.74) is 2.94. The lowest BCUT2D eigenvalue weighted by Gasteiger charge is -2.39. The van der Waals surface area contributed by atoms with E-state index in [-0.39, 0.29) is 11.9 Å². The van der Waals surface area contributed by atoms with E-state index in [4.69, 9.17) is 0 Å². The quantitative estimate of drug-likeness (QED) is 0.880. The fourth-order valence-corrected chi connectivity index (χ4v) is 3.88. The van der Waals surface area contributed by atoms with E-state index in [2.05, 4.69) is 19.2 Å². The molecule has 1 saturated heterocycles. The molecule has 0 atom stereocenters. The number of benzene rings is 1. The number of rotatable bonds is 5. The fourth-order valence-electron chi connectivity index (χ4n) is 2.68. The third-order valence-corrected chi connectivity index (χ3v) is 6.00. The van der Waals surface area contributed by atoms with E-state index in [1.165, 1.54) is 28.3 Å². The maximum atomic E-state index is 12.3. The first-order valence-corrected chi connectivity index (χ1v) is 9.11. The van der Waals surface area contributed by atoms with Crippen molar-refractivity contribution in [2.24, 2.45) is 0 Å². The smallest absolute Gasteiger partial charge is 0.281 e. The molecule has 2 rings (SSSR count). The van der Waals surface area contributed by atoms with Crippen LogP contribution in [-0.2, 0) is 10.2 Å². The maximum Gasteiger partial charge on any atom is 0.281 e. The van der Waals surface area contributed by atoms with E-state index in [1.54, 1.807) is 0 Å². The predicted molar refractivity (Wildman–Crippen MR) is 90.7 cm³/mol. The van der Waals surface area contributed by atoms with E-state index < -0.39 is 10.2 Å². The Morgan fingerprint density at radius 3 is 2.39 bits per heavy atom. The second-order valence-electron chi connectivity index (χ2n) is 6.50. The summed E-state index contributed by atoms with van der Waals surface area (Å²) in [5.74, 6) is 0.263. The summed E-state index contributed by atoms with van der Waals surface area (Å²) in [6.45, 7) is 6.87. The van der Waals surface area contributed by atoms with Crippen LogP contribution in [-0.4, -0.2) is 56.2 Å². The van der Waals surface area contributed by atoms with Crippen LogP contribution in [0.25, 0.3) is 0 Å². The third kappa shape index (κ3) is 3.73. The Balaban J connectivity index is 1.96. The van der Waals surface area contributed by atoms with E-state index in [9.17, 15) is 13.2 Å². The van der Waals surface area contributed by atoms with Crippen molar-refractivity contribution in [1.82, 2.24) is 13.9 Å². The van der Waals surface area contributed by atoms with Gasteiger partial charge < -0.3 is 5.32 Å². The van der Waals surface area contributed by atoms with Crippen molar-refractivity contribution >= 4 is 16.1 Å². The van der Waals surface area contributed by atoms with Crippen molar-refractivity contribution in [2.75, 3.05) is 27.2 Å². The molecule has 0 aromatic heterocycles. The molecule has 0 unspecified atom stereocenters. The molecule has 1 aromatic rings. The van der Waals surface area contributed by atoms with Gasteiger partial charge >= 0.3 is 0 Å². The van der Waals surface area contributed by atoms with Gasteiger partial charge in [0.15, 0.2) is 0 Å². The van der Waals surface area contributed by atoms with Crippen LogP contribution in [0.3, 0.4) is 0 Å². The lowest BCUT2D eigenvalue weighted by atomic mass is 9.96. The Morgan fingerprint density at radius 1 is 1.30 bits per heavy atom. The second kappa shape index (κ2) is 6.59. The molecule has 0 spiro atoms. The number of nitrogens with zero attached hydrogens (tertiary/aromatic N) is 2. The summed E-state index contributed by atoms with van der Waals surface area (Å²) in [6.07, 6.45) is 0. The van der Waals surface area contributed by atoms with Crippen LogP contribution < -0.4 is 5.32 Å². The average molecular weight is 339 g/mol. The third-order valence-electron chi connectivity index (χ3n) is 4.12. The number of amides is 1. The van der Waals surface area contributed by atoms with E-state index >= 15 is 0 Å². The lowest BCUT2D eigenvalue weighted by molar-refractivity contribution is 0.0893. The van der Waals surface area contributed by atoms with Gasteiger partial charge in [-0.1, -0.05) is 19.9 Å². The molecule has 1 aromatic carbocycles. The SMILES string of the molecule is Cc1cc(C(=O)NC2CN(S(=O)(=O)N(C)C)C2)ccc1C(C)C. The van der Waals surface area contributed by atoms with Gasteiger partial charge in [-0.25, -0.2) is 0 Å². The normalized spacial score (nSPS) is 16.7. The molecule has 0 saturated carbocycles. The summed E-state index contributed by atoms with van der Waals surface area (Å²) in [6, 6.07) is 5.56. The van der Waals surface area contributed by atoms with Crippen molar-refractivity contribution in [2.45, 2.75) is 32.7 Å². The van der Waals surface area contributed by atoms with E-state index in [0.717, 1.165) is 5.56 Å². The largest absolute Gasteiger partial charge is 0.347 e. The molecule has 0 aliphatic carbocycles. The number of hydrogen-bond donors (Lipinski definition) is 1. The van der Waals surface area contributed by atoms with Gasteiger partial charge in [-0.3, -0.25) is 4.79 Å². The van der Waals surface area contributed by atoms with Gasteiger partial charge in [-0.05, 0) is 36.1 Å². The van der Waals surface area contributed by atoms with Gasteiger partial charge in [0.1, 0.15) is 0 Å². The first kappa shape index (κ1) is 17.9. The number of aryl methyl sites for hydroxylation is 1. The number of nitrogens with one attached hydrogen (secondary N) is 1. The van der Waals surface area contributed by atoms with Crippen molar-refractivity contribution in [3.8, 4) is 0 Å². The van der Waals surface area contributed by atoms with Crippen LogP contribution in [0.4, 0.5) is 0 Å². The molecule has 1 heterocycles. The highest BCUT2D eigenvalue weighted by Gasteiger charge is 2.37. The lowest BCUT2D eigenvalue weighted by Crippen LogP contribution is -2.62. The Bertz CT molecular complexity index is 693. The summed E-state index contributed by atoms with van der Waals surface area (Å²) >= 11 is 0. The zero-order chi connectivity index (χ0) is 17.4. The summed E-state index contributed by atoms with van der Waals surface area (Å²) < 4.78 is 26.3. The summed E-state index contributed by atoms with van der Waals surface area (Å²) in [4.78, 5) is 12.3. The predicted octanol–water partition coefficient (Wildman–Crippen LogP) is 1.34. The molecular weight excluding hydrogens is 314 g/mol. The first-order valence-electron chi connectivity index (χ1n) is 7.72. The van der Waals surface area contributed by atoms with Gasteiger partial charge in [-0.2, -0.15) is 17.0 Å². The van der Waals surface area contributed by atoms with E-state index in [0.29, 0.717) is 24.6 Å². The Morgan fingerprint density at radius 2 is 1.91 bits per heavy atom. The molecule has 1 fully saturated rings. The molecule has 23 heavy (non-hydrogen) atoms. The van der Waals surface area contributed by atoms with Crippen molar-refractivity contribution in [3.05, 3.63) is 34.9 Å². The van der Waals surface area contributed by atoms with Crippen molar-refractivity contribution in [1.29, 1.82) is 0 Å². The second-order valence-corrected chi connectivity index (χ2v) is 8.65. The number of hydrogen-bond acceptors (Lipinski definition) is 3. The molecular formula is C16H25N3O3S. The van der Waals surface area contributed by atoms with Crippen LogP contribution in [0.2, 0.25) is 0 Å². The number of carbonyl (C=O) groups excluding carboxylic acids is 1. The van der Waals surface area contributed by atoms with Gasteiger partial charge in [-0.15, -0.1) is 0 Å².